The van der Waals surface area contributed by atoms with Crippen molar-refractivity contribution in [2.75, 3.05) is 25.3 Å². The van der Waals surface area contributed by atoms with E-state index in [-0.39, 0.29) is 32.3 Å². The van der Waals surface area contributed by atoms with Crippen LogP contribution >= 0.6 is 11.3 Å². The zero-order valence-corrected chi connectivity index (χ0v) is 19.2. The summed E-state index contributed by atoms with van der Waals surface area (Å²) in [5, 5.41) is 2.49. The Kier molecular flexibility index (Phi) is 6.13. The highest BCUT2D eigenvalue weighted by Gasteiger charge is 2.40. The second kappa shape index (κ2) is 8.74. The van der Waals surface area contributed by atoms with Crippen LogP contribution < -0.4 is 20.5 Å². The van der Waals surface area contributed by atoms with E-state index in [0.717, 1.165) is 24.2 Å². The number of carbonyl (C=O) groups excluding carboxylic acids is 1. The van der Waals surface area contributed by atoms with E-state index < -0.39 is 17.6 Å². The lowest BCUT2D eigenvalue weighted by atomic mass is 9.82. The van der Waals surface area contributed by atoms with Crippen molar-refractivity contribution < 1.29 is 27.4 Å². The van der Waals surface area contributed by atoms with Gasteiger partial charge in [0.05, 0.1) is 31.2 Å². The van der Waals surface area contributed by atoms with Gasteiger partial charge in [0.2, 0.25) is 0 Å². The average Bonchev–Trinajstić information content (AvgIpc) is 3.12. The van der Waals surface area contributed by atoms with Gasteiger partial charge in [-0.1, -0.05) is 13.3 Å². The number of pyridine rings is 1. The maximum atomic E-state index is 14.2. The molecule has 1 aliphatic rings. The highest BCUT2D eigenvalue weighted by molar-refractivity contribution is 7.21. The van der Waals surface area contributed by atoms with Crippen LogP contribution in [0.1, 0.15) is 46.3 Å². The normalized spacial score (nSPS) is 15.9. The lowest BCUT2D eigenvalue weighted by Crippen LogP contribution is -2.21. The van der Waals surface area contributed by atoms with Gasteiger partial charge >= 0.3 is 6.18 Å². The molecule has 1 amide bonds. The van der Waals surface area contributed by atoms with Crippen LogP contribution in [0, 0.1) is 5.92 Å². The molecule has 0 bridgehead atoms. The Balaban J connectivity index is 1.81. The minimum Gasteiger partial charge on any atom is -0.497 e. The summed E-state index contributed by atoms with van der Waals surface area (Å²) in [6.07, 6.45) is -2.22. The molecule has 6 nitrogen and oxygen atoms in total. The molecule has 1 unspecified atom stereocenters. The first-order chi connectivity index (χ1) is 15.7. The number of rotatable bonds is 5. The van der Waals surface area contributed by atoms with Crippen LogP contribution in [0.5, 0.6) is 11.5 Å². The number of anilines is 2. The molecule has 4 rings (SSSR count). The number of hydrogen-bond acceptors (Lipinski definition) is 6. The Hall–Kier alpha value is -3.01. The van der Waals surface area contributed by atoms with Gasteiger partial charge < -0.3 is 20.5 Å². The molecule has 1 aromatic carbocycles. The number of alkyl halides is 3. The average molecular weight is 480 g/mol. The summed E-state index contributed by atoms with van der Waals surface area (Å²) >= 11 is 0.868. The summed E-state index contributed by atoms with van der Waals surface area (Å²) in [7, 11) is 2.93. The van der Waals surface area contributed by atoms with Crippen LogP contribution in [0.4, 0.5) is 24.5 Å². The number of thiophene rings is 1. The topological polar surface area (TPSA) is 86.5 Å². The molecule has 33 heavy (non-hydrogen) atoms. The number of nitrogens with two attached hydrogens (primary N) is 1. The Labute approximate surface area is 192 Å². The number of aryl methyl sites for hydroxylation is 1. The fourth-order valence-corrected chi connectivity index (χ4v) is 5.33. The van der Waals surface area contributed by atoms with Crippen molar-refractivity contribution in [2.45, 2.75) is 38.8 Å². The smallest absolute Gasteiger partial charge is 0.417 e. The number of methoxy groups -OCH3 is 2. The van der Waals surface area contributed by atoms with Gasteiger partial charge in [-0.05, 0) is 42.9 Å². The summed E-state index contributed by atoms with van der Waals surface area (Å²) in [6.45, 7) is 1.98. The van der Waals surface area contributed by atoms with Crippen LogP contribution in [-0.4, -0.2) is 25.1 Å². The molecule has 1 atom stereocenters. The Morgan fingerprint density at radius 2 is 2.06 bits per heavy atom. The highest BCUT2D eigenvalue weighted by atomic mass is 32.1. The molecule has 1 aliphatic carbocycles. The van der Waals surface area contributed by atoms with Crippen molar-refractivity contribution in [1.82, 2.24) is 4.98 Å². The Morgan fingerprint density at radius 1 is 1.30 bits per heavy atom. The number of halogens is 3. The Morgan fingerprint density at radius 3 is 2.70 bits per heavy atom. The molecule has 176 valence electrons. The molecule has 0 spiro atoms. The number of hydrogen-bond donors (Lipinski definition) is 2. The van der Waals surface area contributed by atoms with Crippen molar-refractivity contribution in [1.29, 1.82) is 0 Å². The Bertz CT molecular complexity index is 1220. The van der Waals surface area contributed by atoms with E-state index >= 15 is 0 Å². The molecule has 0 fully saturated rings. The first-order valence-corrected chi connectivity index (χ1v) is 11.3. The standard InChI is InChI=1S/C23H24F3N3O3S/c1-4-11-5-7-14-13(9-11)18(23(24,25)26)17-19(27)20(33-22(17)29-14)21(30)28-15-8-6-12(31-2)10-16(15)32-3/h6,8,10-11H,4-5,7,9,27H2,1-3H3,(H,28,30). The number of nitrogens with zero attached hydrogens (tertiary/aromatic N) is 1. The van der Waals surface area contributed by atoms with E-state index in [1.54, 1.807) is 18.2 Å². The minimum atomic E-state index is -4.61. The van der Waals surface area contributed by atoms with E-state index in [9.17, 15) is 18.0 Å². The van der Waals surface area contributed by atoms with E-state index in [0.29, 0.717) is 35.7 Å². The maximum absolute atomic E-state index is 14.2. The molecule has 10 heteroatoms. The molecule has 0 radical (unpaired) electrons. The molecular formula is C23H24F3N3O3S. The van der Waals surface area contributed by atoms with Gasteiger partial charge in [0.25, 0.3) is 5.91 Å². The monoisotopic (exact) mass is 479 g/mol. The minimum absolute atomic E-state index is 0.0183. The molecule has 2 aromatic heterocycles. The lowest BCUT2D eigenvalue weighted by Gasteiger charge is -2.26. The first-order valence-electron chi connectivity index (χ1n) is 10.5. The molecule has 0 saturated carbocycles. The molecule has 2 heterocycles. The number of fused-ring (bicyclic) bond motifs is 2. The fourth-order valence-electron chi connectivity index (χ4n) is 4.31. The SMILES string of the molecule is CCC1CCc2nc3sc(C(=O)Nc4ccc(OC)cc4OC)c(N)c3c(C(F)(F)F)c2C1. The zero-order chi connectivity index (χ0) is 23.9. The number of amides is 1. The van der Waals surface area contributed by atoms with Crippen molar-refractivity contribution in [2.24, 2.45) is 5.92 Å². The summed E-state index contributed by atoms with van der Waals surface area (Å²) in [5.74, 6) is 0.415. The first kappa shape index (κ1) is 23.2. The van der Waals surface area contributed by atoms with Gasteiger partial charge in [-0.2, -0.15) is 13.2 Å². The number of aromatic nitrogens is 1. The van der Waals surface area contributed by atoms with Crippen molar-refractivity contribution in [3.63, 3.8) is 0 Å². The molecular weight excluding hydrogens is 455 g/mol. The van der Waals surface area contributed by atoms with E-state index in [2.05, 4.69) is 10.3 Å². The van der Waals surface area contributed by atoms with Crippen LogP contribution in [-0.2, 0) is 19.0 Å². The van der Waals surface area contributed by atoms with Gasteiger partial charge in [-0.15, -0.1) is 11.3 Å². The molecule has 0 saturated heterocycles. The van der Waals surface area contributed by atoms with Crippen LogP contribution in [0.15, 0.2) is 18.2 Å². The van der Waals surface area contributed by atoms with Crippen LogP contribution in [0.3, 0.4) is 0 Å². The number of carbonyl (C=O) groups is 1. The highest BCUT2D eigenvalue weighted by Crippen LogP contribution is 2.46. The third-order valence-corrected chi connectivity index (χ3v) is 7.17. The van der Waals surface area contributed by atoms with Gasteiger partial charge in [-0.3, -0.25) is 4.79 Å². The van der Waals surface area contributed by atoms with Crippen molar-refractivity contribution >= 4 is 38.8 Å². The van der Waals surface area contributed by atoms with Gasteiger partial charge in [0.1, 0.15) is 21.2 Å². The van der Waals surface area contributed by atoms with Crippen LogP contribution in [0.25, 0.3) is 10.2 Å². The largest absolute Gasteiger partial charge is 0.497 e. The summed E-state index contributed by atoms with van der Waals surface area (Å²) < 4.78 is 53.1. The molecule has 3 N–H and O–H groups in total. The summed E-state index contributed by atoms with van der Waals surface area (Å²) in [5.41, 5.74) is 6.20. The van der Waals surface area contributed by atoms with Crippen molar-refractivity contribution in [3.8, 4) is 11.5 Å². The quantitative estimate of drug-likeness (QED) is 0.492. The number of nitrogen functional groups attached to an aromatic ring is 1. The maximum Gasteiger partial charge on any atom is 0.417 e. The predicted octanol–water partition coefficient (Wildman–Crippen LogP) is 5.68. The second-order valence-electron chi connectivity index (χ2n) is 7.97. The van der Waals surface area contributed by atoms with Gasteiger partial charge in [-0.25, -0.2) is 4.98 Å². The molecule has 0 aliphatic heterocycles. The zero-order valence-electron chi connectivity index (χ0n) is 18.4. The van der Waals surface area contributed by atoms with E-state index in [1.807, 2.05) is 6.92 Å². The number of ether oxygens (including phenoxy) is 2. The van der Waals surface area contributed by atoms with Crippen LogP contribution in [0.2, 0.25) is 0 Å². The number of benzene rings is 1. The van der Waals surface area contributed by atoms with Crippen molar-refractivity contribution in [3.05, 3.63) is 39.9 Å². The van der Waals surface area contributed by atoms with Gasteiger partial charge in [0.15, 0.2) is 0 Å². The number of nitrogens with one attached hydrogen (secondary N) is 1. The molecule has 3 aromatic rings. The fraction of sp³-hybridized carbons (Fsp3) is 0.391. The lowest BCUT2D eigenvalue weighted by molar-refractivity contribution is -0.137. The summed E-state index contributed by atoms with van der Waals surface area (Å²) in [4.78, 5) is 17.6. The predicted molar refractivity (Wildman–Crippen MR) is 122 cm³/mol. The third-order valence-electron chi connectivity index (χ3n) is 6.07. The third kappa shape index (κ3) is 4.19. The van der Waals surface area contributed by atoms with E-state index in [1.165, 1.54) is 14.2 Å². The van der Waals surface area contributed by atoms with E-state index in [4.69, 9.17) is 15.2 Å². The second-order valence-corrected chi connectivity index (χ2v) is 8.97. The summed E-state index contributed by atoms with van der Waals surface area (Å²) in [6, 6.07) is 4.81. The van der Waals surface area contributed by atoms with Gasteiger partial charge in [0, 0.05) is 17.1 Å².